The smallest absolute Gasteiger partial charge is 0.248 e. The topological polar surface area (TPSA) is 91.2 Å². The van der Waals surface area contributed by atoms with E-state index in [0.29, 0.717) is 11.4 Å². The predicted octanol–water partition coefficient (Wildman–Crippen LogP) is 0.0490. The standard InChI is InChI=1S/C10H13N3O2/c11-7-4-8(5-7)15-9-3-6(10(12)14)1-2-13-9/h1-3,7-8H,4-5,11H2,(H2,12,14). The minimum absolute atomic E-state index is 0.121. The van der Waals surface area contributed by atoms with Crippen LogP contribution in [0.4, 0.5) is 0 Å². The van der Waals surface area contributed by atoms with Crippen molar-refractivity contribution in [3.05, 3.63) is 23.9 Å². The Morgan fingerprint density at radius 3 is 2.87 bits per heavy atom. The Bertz CT molecular complexity index is 375. The molecule has 0 aromatic carbocycles. The third-order valence-electron chi connectivity index (χ3n) is 2.44. The van der Waals surface area contributed by atoms with E-state index in [2.05, 4.69) is 4.98 Å². The third-order valence-corrected chi connectivity index (χ3v) is 2.44. The van der Waals surface area contributed by atoms with Gasteiger partial charge in [-0.25, -0.2) is 4.98 Å². The fraction of sp³-hybridized carbons (Fsp3) is 0.400. The lowest BCUT2D eigenvalue weighted by Gasteiger charge is -2.32. The van der Waals surface area contributed by atoms with Crippen LogP contribution in [-0.2, 0) is 0 Å². The van der Waals surface area contributed by atoms with Gasteiger partial charge >= 0.3 is 0 Å². The van der Waals surface area contributed by atoms with Crippen LogP contribution in [0.25, 0.3) is 0 Å². The van der Waals surface area contributed by atoms with Gasteiger partial charge in [-0.1, -0.05) is 0 Å². The van der Waals surface area contributed by atoms with Crippen molar-refractivity contribution in [3.63, 3.8) is 0 Å². The summed E-state index contributed by atoms with van der Waals surface area (Å²) in [5.74, 6) is -0.0456. The van der Waals surface area contributed by atoms with Crippen LogP contribution in [0.3, 0.4) is 0 Å². The van der Waals surface area contributed by atoms with Crippen molar-refractivity contribution >= 4 is 5.91 Å². The van der Waals surface area contributed by atoms with Crippen LogP contribution in [0.2, 0.25) is 0 Å². The first kappa shape index (κ1) is 9.92. The summed E-state index contributed by atoms with van der Waals surface area (Å²) >= 11 is 0. The lowest BCUT2D eigenvalue weighted by Crippen LogP contribution is -2.43. The molecule has 4 N–H and O–H groups in total. The molecule has 0 unspecified atom stereocenters. The molecule has 5 heteroatoms. The summed E-state index contributed by atoms with van der Waals surface area (Å²) in [5.41, 5.74) is 11.2. The first-order valence-electron chi connectivity index (χ1n) is 4.83. The maximum Gasteiger partial charge on any atom is 0.248 e. The summed E-state index contributed by atoms with van der Waals surface area (Å²) in [6.07, 6.45) is 3.30. The lowest BCUT2D eigenvalue weighted by atomic mass is 9.90. The Kier molecular flexibility index (Phi) is 2.55. The van der Waals surface area contributed by atoms with Crippen LogP contribution in [0.1, 0.15) is 23.2 Å². The van der Waals surface area contributed by atoms with Gasteiger partial charge in [0.25, 0.3) is 0 Å². The van der Waals surface area contributed by atoms with E-state index in [0.717, 1.165) is 12.8 Å². The minimum atomic E-state index is -0.479. The maximum atomic E-state index is 10.9. The number of aromatic nitrogens is 1. The number of ether oxygens (including phenoxy) is 1. The molecule has 0 aliphatic heterocycles. The SMILES string of the molecule is NC(=O)c1ccnc(OC2CC(N)C2)c1. The summed E-state index contributed by atoms with van der Waals surface area (Å²) in [5, 5.41) is 0. The molecule has 1 aliphatic rings. The number of amides is 1. The number of primary amides is 1. The molecule has 80 valence electrons. The largest absolute Gasteiger partial charge is 0.474 e. The van der Waals surface area contributed by atoms with Gasteiger partial charge < -0.3 is 16.2 Å². The van der Waals surface area contributed by atoms with Crippen molar-refractivity contribution in [2.45, 2.75) is 25.0 Å². The van der Waals surface area contributed by atoms with E-state index in [9.17, 15) is 4.79 Å². The van der Waals surface area contributed by atoms with Gasteiger partial charge in [-0.3, -0.25) is 4.79 Å². The van der Waals surface area contributed by atoms with Gasteiger partial charge in [-0.05, 0) is 18.9 Å². The molecule has 0 spiro atoms. The van der Waals surface area contributed by atoms with Crippen LogP contribution < -0.4 is 16.2 Å². The van der Waals surface area contributed by atoms with E-state index in [1.807, 2.05) is 0 Å². The van der Waals surface area contributed by atoms with Gasteiger partial charge in [0, 0.05) is 23.9 Å². The molecule has 2 rings (SSSR count). The number of carbonyl (C=O) groups is 1. The van der Waals surface area contributed by atoms with Crippen molar-refractivity contribution < 1.29 is 9.53 Å². The second kappa shape index (κ2) is 3.86. The number of hydrogen-bond donors (Lipinski definition) is 2. The molecule has 15 heavy (non-hydrogen) atoms. The average Bonchev–Trinajstić information content (AvgIpc) is 2.16. The average molecular weight is 207 g/mol. The van der Waals surface area contributed by atoms with Gasteiger partial charge in [-0.15, -0.1) is 0 Å². The Labute approximate surface area is 87.4 Å². The number of carbonyl (C=O) groups excluding carboxylic acids is 1. The van der Waals surface area contributed by atoms with E-state index in [4.69, 9.17) is 16.2 Å². The monoisotopic (exact) mass is 207 g/mol. The molecule has 1 fully saturated rings. The molecule has 1 amide bonds. The molecule has 0 saturated heterocycles. The molecule has 1 saturated carbocycles. The highest BCUT2D eigenvalue weighted by atomic mass is 16.5. The molecule has 1 aromatic heterocycles. The number of nitrogens with zero attached hydrogens (tertiary/aromatic N) is 1. The van der Waals surface area contributed by atoms with E-state index < -0.39 is 5.91 Å². The first-order chi connectivity index (χ1) is 7.15. The van der Waals surface area contributed by atoms with Crippen molar-refractivity contribution in [3.8, 4) is 5.88 Å². The molecule has 0 radical (unpaired) electrons. The van der Waals surface area contributed by atoms with Crippen molar-refractivity contribution in [1.29, 1.82) is 0 Å². The van der Waals surface area contributed by atoms with Crippen LogP contribution in [-0.4, -0.2) is 23.0 Å². The molecular weight excluding hydrogens is 194 g/mol. The number of pyridine rings is 1. The molecule has 1 aromatic rings. The maximum absolute atomic E-state index is 10.9. The van der Waals surface area contributed by atoms with E-state index in [1.165, 1.54) is 6.20 Å². The zero-order chi connectivity index (χ0) is 10.8. The second-order valence-electron chi connectivity index (χ2n) is 3.72. The quantitative estimate of drug-likeness (QED) is 0.732. The van der Waals surface area contributed by atoms with Crippen molar-refractivity contribution in [2.24, 2.45) is 11.5 Å². The molecular formula is C10H13N3O2. The van der Waals surface area contributed by atoms with Crippen LogP contribution >= 0.6 is 0 Å². The zero-order valence-electron chi connectivity index (χ0n) is 8.22. The lowest BCUT2D eigenvalue weighted by molar-refractivity contribution is 0.0942. The van der Waals surface area contributed by atoms with Crippen molar-refractivity contribution in [1.82, 2.24) is 4.98 Å². The van der Waals surface area contributed by atoms with Crippen LogP contribution in [0.15, 0.2) is 18.3 Å². The summed E-state index contributed by atoms with van der Waals surface area (Å²) in [6, 6.07) is 3.34. The van der Waals surface area contributed by atoms with Crippen LogP contribution in [0, 0.1) is 0 Å². The molecule has 5 nitrogen and oxygen atoms in total. The van der Waals surface area contributed by atoms with Crippen molar-refractivity contribution in [2.75, 3.05) is 0 Å². The molecule has 1 heterocycles. The first-order valence-corrected chi connectivity index (χ1v) is 4.83. The molecule has 0 bridgehead atoms. The normalized spacial score (nSPS) is 24.3. The third kappa shape index (κ3) is 2.24. The van der Waals surface area contributed by atoms with Gasteiger partial charge in [0.2, 0.25) is 11.8 Å². The Hall–Kier alpha value is -1.62. The van der Waals surface area contributed by atoms with E-state index in [-0.39, 0.29) is 12.1 Å². The second-order valence-corrected chi connectivity index (χ2v) is 3.72. The van der Waals surface area contributed by atoms with Gasteiger partial charge in [-0.2, -0.15) is 0 Å². The van der Waals surface area contributed by atoms with Gasteiger partial charge in [0.15, 0.2) is 0 Å². The number of hydrogen-bond acceptors (Lipinski definition) is 4. The molecule has 0 atom stereocenters. The Balaban J connectivity index is 2.02. The predicted molar refractivity (Wildman–Crippen MR) is 54.4 cm³/mol. The highest BCUT2D eigenvalue weighted by molar-refractivity contribution is 5.92. The van der Waals surface area contributed by atoms with Crippen LogP contribution in [0.5, 0.6) is 5.88 Å². The summed E-state index contributed by atoms with van der Waals surface area (Å²) in [7, 11) is 0. The Morgan fingerprint density at radius 1 is 1.53 bits per heavy atom. The minimum Gasteiger partial charge on any atom is -0.474 e. The number of nitrogens with two attached hydrogens (primary N) is 2. The highest BCUT2D eigenvalue weighted by Crippen LogP contribution is 2.23. The summed E-state index contributed by atoms with van der Waals surface area (Å²) in [6.45, 7) is 0. The molecule has 1 aliphatic carbocycles. The summed E-state index contributed by atoms with van der Waals surface area (Å²) in [4.78, 5) is 14.9. The van der Waals surface area contributed by atoms with Gasteiger partial charge in [0.05, 0.1) is 0 Å². The number of rotatable bonds is 3. The highest BCUT2D eigenvalue weighted by Gasteiger charge is 2.27. The zero-order valence-corrected chi connectivity index (χ0v) is 8.22. The van der Waals surface area contributed by atoms with Gasteiger partial charge in [0.1, 0.15) is 6.10 Å². The fourth-order valence-corrected chi connectivity index (χ4v) is 1.50. The summed E-state index contributed by atoms with van der Waals surface area (Å²) < 4.78 is 5.51. The van der Waals surface area contributed by atoms with E-state index in [1.54, 1.807) is 12.1 Å². The fourth-order valence-electron chi connectivity index (χ4n) is 1.50. The Morgan fingerprint density at radius 2 is 2.27 bits per heavy atom. The van der Waals surface area contributed by atoms with E-state index >= 15 is 0 Å².